The fourth-order valence-electron chi connectivity index (χ4n) is 3.98. The molecule has 2 saturated heterocycles. The van der Waals surface area contributed by atoms with E-state index in [4.69, 9.17) is 21.1 Å². The zero-order valence-corrected chi connectivity index (χ0v) is 17.4. The van der Waals surface area contributed by atoms with Gasteiger partial charge in [0, 0.05) is 22.1 Å². The maximum Gasteiger partial charge on any atom is 0.238 e. The molecule has 2 aromatic carbocycles. The van der Waals surface area contributed by atoms with Crippen molar-refractivity contribution >= 4 is 29.0 Å². The number of carbonyl (C=O) groups excluding carboxylic acids is 2. The van der Waals surface area contributed by atoms with E-state index in [-0.39, 0.29) is 24.5 Å². The fraction of sp³-hybridized carbons (Fsp3) is 0.391. The fourth-order valence-corrected chi connectivity index (χ4v) is 4.16. The number of anilines is 1. The summed E-state index contributed by atoms with van der Waals surface area (Å²) >= 11 is 6.11. The number of nitrogens with one attached hydrogen (secondary N) is 1. The van der Waals surface area contributed by atoms with Crippen molar-refractivity contribution in [2.24, 2.45) is 5.92 Å². The van der Waals surface area contributed by atoms with E-state index in [9.17, 15) is 9.59 Å². The van der Waals surface area contributed by atoms with Gasteiger partial charge in [0.15, 0.2) is 12.1 Å². The van der Waals surface area contributed by atoms with E-state index in [2.05, 4.69) is 10.2 Å². The number of rotatable bonds is 6. The lowest BCUT2D eigenvalue weighted by atomic mass is 9.96. The number of likely N-dealkylation sites (tertiary alicyclic amines) is 1. The smallest absolute Gasteiger partial charge is 0.238 e. The van der Waals surface area contributed by atoms with Gasteiger partial charge in [-0.25, -0.2) is 0 Å². The molecular weight excluding hydrogens is 404 g/mol. The highest BCUT2D eigenvalue weighted by molar-refractivity contribution is 6.31. The number of ether oxygens (including phenoxy) is 2. The Morgan fingerprint density at radius 3 is 2.43 bits per heavy atom. The van der Waals surface area contributed by atoms with E-state index in [1.807, 2.05) is 6.07 Å². The molecule has 0 aromatic heterocycles. The number of piperidine rings is 1. The SMILES string of the molecule is O=C(CN1CCC(C2OCCO2)CC1)Nc1ccc(Cl)cc1C(=O)c1ccccc1. The molecule has 0 aliphatic carbocycles. The molecule has 0 unspecified atom stereocenters. The first-order valence-corrected chi connectivity index (χ1v) is 10.6. The van der Waals surface area contributed by atoms with Gasteiger partial charge in [-0.1, -0.05) is 41.9 Å². The van der Waals surface area contributed by atoms with E-state index in [1.54, 1.807) is 42.5 Å². The number of amides is 1. The predicted octanol–water partition coefficient (Wildman–Crippen LogP) is 3.59. The van der Waals surface area contributed by atoms with Crippen molar-refractivity contribution in [3.63, 3.8) is 0 Å². The Balaban J connectivity index is 1.37. The molecule has 2 aliphatic rings. The van der Waals surface area contributed by atoms with Crippen molar-refractivity contribution in [1.29, 1.82) is 0 Å². The molecule has 2 aliphatic heterocycles. The highest BCUT2D eigenvalue weighted by atomic mass is 35.5. The zero-order chi connectivity index (χ0) is 20.9. The van der Waals surface area contributed by atoms with Crippen LogP contribution in [0.5, 0.6) is 0 Å². The van der Waals surface area contributed by atoms with Crippen LogP contribution in [-0.4, -0.2) is 55.7 Å². The predicted molar refractivity (Wildman–Crippen MR) is 115 cm³/mol. The molecule has 158 valence electrons. The summed E-state index contributed by atoms with van der Waals surface area (Å²) in [5.74, 6) is 0.0650. The van der Waals surface area contributed by atoms with E-state index >= 15 is 0 Å². The topological polar surface area (TPSA) is 67.9 Å². The Morgan fingerprint density at radius 1 is 1.03 bits per heavy atom. The standard InChI is InChI=1S/C23H25ClN2O4/c24-18-6-7-20(19(14-18)22(28)16-4-2-1-3-5-16)25-21(27)15-26-10-8-17(9-11-26)23-29-12-13-30-23/h1-7,14,17,23H,8-13,15H2,(H,25,27). The largest absolute Gasteiger partial charge is 0.350 e. The second-order valence-electron chi connectivity index (χ2n) is 7.66. The summed E-state index contributed by atoms with van der Waals surface area (Å²) in [6, 6.07) is 13.9. The maximum absolute atomic E-state index is 12.9. The average Bonchev–Trinajstić information content (AvgIpc) is 3.30. The second kappa shape index (κ2) is 9.71. The highest BCUT2D eigenvalue weighted by Crippen LogP contribution is 2.26. The Labute approximate surface area is 181 Å². The first kappa shape index (κ1) is 21.0. The van der Waals surface area contributed by atoms with Gasteiger partial charge in [0.1, 0.15) is 0 Å². The number of carbonyl (C=O) groups is 2. The lowest BCUT2D eigenvalue weighted by Crippen LogP contribution is -2.41. The number of hydrogen-bond donors (Lipinski definition) is 1. The van der Waals surface area contributed by atoms with E-state index in [0.717, 1.165) is 25.9 Å². The Morgan fingerprint density at radius 2 is 1.73 bits per heavy atom. The molecule has 1 amide bonds. The highest BCUT2D eigenvalue weighted by Gasteiger charge is 2.31. The van der Waals surface area contributed by atoms with E-state index < -0.39 is 0 Å². The van der Waals surface area contributed by atoms with Gasteiger partial charge in [0.2, 0.25) is 5.91 Å². The third-order valence-electron chi connectivity index (χ3n) is 5.57. The summed E-state index contributed by atoms with van der Waals surface area (Å²) in [6.45, 7) is 3.24. The van der Waals surface area contributed by atoms with Crippen LogP contribution < -0.4 is 5.32 Å². The van der Waals surface area contributed by atoms with Gasteiger partial charge < -0.3 is 14.8 Å². The van der Waals surface area contributed by atoms with Crippen LogP contribution in [0.2, 0.25) is 5.02 Å². The molecule has 4 rings (SSSR count). The van der Waals surface area contributed by atoms with Crippen molar-refractivity contribution in [3.8, 4) is 0 Å². The Hall–Kier alpha value is -2.25. The number of ketones is 1. The van der Waals surface area contributed by atoms with Gasteiger partial charge in [-0.3, -0.25) is 14.5 Å². The lowest BCUT2D eigenvalue weighted by molar-refractivity contribution is -0.119. The summed E-state index contributed by atoms with van der Waals surface area (Å²) in [7, 11) is 0. The minimum atomic E-state index is -0.175. The van der Waals surface area contributed by atoms with E-state index in [0.29, 0.717) is 41.0 Å². The average molecular weight is 429 g/mol. The lowest BCUT2D eigenvalue weighted by Gasteiger charge is -2.33. The molecule has 2 fully saturated rings. The molecular formula is C23H25ClN2O4. The van der Waals surface area contributed by atoms with Gasteiger partial charge in [0.05, 0.1) is 25.4 Å². The minimum absolute atomic E-state index is 0.0957. The number of halogens is 1. The van der Waals surface area contributed by atoms with Crippen molar-refractivity contribution in [1.82, 2.24) is 4.90 Å². The molecule has 0 saturated carbocycles. The minimum Gasteiger partial charge on any atom is -0.350 e. The van der Waals surface area contributed by atoms with Gasteiger partial charge in [-0.15, -0.1) is 0 Å². The van der Waals surface area contributed by atoms with Gasteiger partial charge >= 0.3 is 0 Å². The van der Waals surface area contributed by atoms with Gasteiger partial charge in [-0.2, -0.15) is 0 Å². The van der Waals surface area contributed by atoms with E-state index in [1.165, 1.54) is 0 Å². The molecule has 0 atom stereocenters. The summed E-state index contributed by atoms with van der Waals surface area (Å²) < 4.78 is 11.2. The maximum atomic E-state index is 12.9. The molecule has 2 heterocycles. The molecule has 0 spiro atoms. The molecule has 0 bridgehead atoms. The van der Waals surface area contributed by atoms with Crippen LogP contribution in [0.15, 0.2) is 48.5 Å². The van der Waals surface area contributed by atoms with Gasteiger partial charge in [0.25, 0.3) is 0 Å². The van der Waals surface area contributed by atoms with Crippen LogP contribution in [0.25, 0.3) is 0 Å². The van der Waals surface area contributed by atoms with Crippen LogP contribution >= 0.6 is 11.6 Å². The van der Waals surface area contributed by atoms with Crippen LogP contribution in [0.3, 0.4) is 0 Å². The number of hydrogen-bond acceptors (Lipinski definition) is 5. The van der Waals surface area contributed by atoms with Crippen LogP contribution in [0.4, 0.5) is 5.69 Å². The van der Waals surface area contributed by atoms with Crippen LogP contribution in [-0.2, 0) is 14.3 Å². The zero-order valence-electron chi connectivity index (χ0n) is 16.7. The third-order valence-corrected chi connectivity index (χ3v) is 5.80. The molecule has 7 heteroatoms. The summed E-state index contributed by atoms with van der Waals surface area (Å²) in [6.07, 6.45) is 1.79. The second-order valence-corrected chi connectivity index (χ2v) is 8.09. The molecule has 0 radical (unpaired) electrons. The third kappa shape index (κ3) is 5.08. The quantitative estimate of drug-likeness (QED) is 0.712. The van der Waals surface area contributed by atoms with Gasteiger partial charge in [-0.05, 0) is 44.1 Å². The summed E-state index contributed by atoms with van der Waals surface area (Å²) in [5, 5.41) is 3.34. The van der Waals surface area contributed by atoms with Crippen molar-refractivity contribution < 1.29 is 19.1 Å². The first-order chi connectivity index (χ1) is 14.6. The Bertz CT molecular complexity index is 891. The summed E-state index contributed by atoms with van der Waals surface area (Å²) in [5.41, 5.74) is 1.41. The first-order valence-electron chi connectivity index (χ1n) is 10.2. The van der Waals surface area contributed by atoms with Crippen molar-refractivity contribution in [2.45, 2.75) is 19.1 Å². The monoisotopic (exact) mass is 428 g/mol. The van der Waals surface area contributed by atoms with Crippen molar-refractivity contribution in [2.75, 3.05) is 38.2 Å². The van der Waals surface area contributed by atoms with Crippen LogP contribution in [0.1, 0.15) is 28.8 Å². The van der Waals surface area contributed by atoms with Crippen molar-refractivity contribution in [3.05, 3.63) is 64.7 Å². The Kier molecular flexibility index (Phi) is 6.79. The number of nitrogens with zero attached hydrogens (tertiary/aromatic N) is 1. The molecule has 6 nitrogen and oxygen atoms in total. The summed E-state index contributed by atoms with van der Waals surface area (Å²) in [4.78, 5) is 27.7. The molecule has 2 aromatic rings. The van der Waals surface area contributed by atoms with Crippen LogP contribution in [0, 0.1) is 5.92 Å². The molecule has 1 N–H and O–H groups in total. The normalized spacial score (nSPS) is 18.4. The molecule has 30 heavy (non-hydrogen) atoms. The number of benzene rings is 2.